The van der Waals surface area contributed by atoms with Gasteiger partial charge < -0.3 is 9.47 Å². The van der Waals surface area contributed by atoms with E-state index in [-0.39, 0.29) is 5.82 Å². The highest BCUT2D eigenvalue weighted by Crippen LogP contribution is 2.22. The number of hydrogen-bond acceptors (Lipinski definition) is 2. The fourth-order valence-corrected chi connectivity index (χ4v) is 2.24. The van der Waals surface area contributed by atoms with Gasteiger partial charge in [0.15, 0.2) is 0 Å². The Morgan fingerprint density at radius 3 is 2.47 bits per heavy atom. The molecular weight excluding hydrogens is 287 g/mol. The molecule has 17 heavy (non-hydrogen) atoms. The fraction of sp³-hybridized carbons (Fsp3) is 0.538. The fourth-order valence-electron chi connectivity index (χ4n) is 1.54. The van der Waals surface area contributed by atoms with E-state index in [2.05, 4.69) is 15.9 Å². The zero-order valence-electron chi connectivity index (χ0n) is 9.99. The first-order valence-electron chi connectivity index (χ1n) is 5.66. The molecule has 96 valence electrons. The molecule has 0 heterocycles. The zero-order valence-corrected chi connectivity index (χ0v) is 11.6. The van der Waals surface area contributed by atoms with Crippen LogP contribution in [0.2, 0.25) is 0 Å². The van der Waals surface area contributed by atoms with Crippen molar-refractivity contribution in [3.63, 3.8) is 0 Å². The summed E-state index contributed by atoms with van der Waals surface area (Å²) in [4.78, 5) is 0. The maximum Gasteiger partial charge on any atom is 0.123 e. The number of rotatable bonds is 8. The predicted molar refractivity (Wildman–Crippen MR) is 70.2 cm³/mol. The molecule has 1 atom stereocenters. The van der Waals surface area contributed by atoms with Crippen molar-refractivity contribution in [3.8, 4) is 0 Å². The number of methoxy groups -OCH3 is 1. The summed E-state index contributed by atoms with van der Waals surface area (Å²) in [5, 5.41) is 0.853. The topological polar surface area (TPSA) is 18.5 Å². The Hall–Kier alpha value is -0.450. The summed E-state index contributed by atoms with van der Waals surface area (Å²) < 4.78 is 23.1. The van der Waals surface area contributed by atoms with Gasteiger partial charge in [-0.3, -0.25) is 0 Å². The SMILES string of the molecule is COCCOCCC(CBr)c1ccc(F)cc1. The molecule has 0 N–H and O–H groups in total. The minimum atomic E-state index is -0.196. The van der Waals surface area contributed by atoms with E-state index in [1.54, 1.807) is 7.11 Å². The van der Waals surface area contributed by atoms with Crippen LogP contribution in [0.3, 0.4) is 0 Å². The molecule has 0 amide bonds. The highest BCUT2D eigenvalue weighted by Gasteiger charge is 2.09. The van der Waals surface area contributed by atoms with Crippen LogP contribution in [0.25, 0.3) is 0 Å². The summed E-state index contributed by atoms with van der Waals surface area (Å²) in [6, 6.07) is 6.65. The molecule has 2 nitrogen and oxygen atoms in total. The maximum atomic E-state index is 12.8. The standard InChI is InChI=1S/C13H18BrFO2/c1-16-8-9-17-7-6-12(10-14)11-2-4-13(15)5-3-11/h2-5,12H,6-10H2,1H3. The Morgan fingerprint density at radius 2 is 1.88 bits per heavy atom. The van der Waals surface area contributed by atoms with Gasteiger partial charge >= 0.3 is 0 Å². The van der Waals surface area contributed by atoms with Crippen molar-refractivity contribution in [3.05, 3.63) is 35.6 Å². The van der Waals surface area contributed by atoms with Crippen molar-refractivity contribution in [2.75, 3.05) is 32.3 Å². The molecule has 0 fully saturated rings. The van der Waals surface area contributed by atoms with E-state index in [1.165, 1.54) is 12.1 Å². The van der Waals surface area contributed by atoms with Gasteiger partial charge in [0.05, 0.1) is 13.2 Å². The van der Waals surface area contributed by atoms with Crippen LogP contribution < -0.4 is 0 Å². The van der Waals surface area contributed by atoms with Crippen molar-refractivity contribution >= 4 is 15.9 Å². The van der Waals surface area contributed by atoms with E-state index in [4.69, 9.17) is 9.47 Å². The second-order valence-corrected chi connectivity index (χ2v) is 4.44. The normalized spacial score (nSPS) is 12.6. The van der Waals surface area contributed by atoms with Gasteiger partial charge in [0, 0.05) is 19.0 Å². The summed E-state index contributed by atoms with van der Waals surface area (Å²) in [5.41, 5.74) is 1.14. The Kier molecular flexibility index (Phi) is 7.40. The Balaban J connectivity index is 2.35. The van der Waals surface area contributed by atoms with E-state index in [0.717, 1.165) is 17.3 Å². The maximum absolute atomic E-state index is 12.8. The third kappa shape index (κ3) is 5.61. The molecule has 1 unspecified atom stereocenters. The Morgan fingerprint density at radius 1 is 1.18 bits per heavy atom. The quantitative estimate of drug-likeness (QED) is 0.541. The van der Waals surface area contributed by atoms with Crippen LogP contribution in [-0.2, 0) is 9.47 Å². The van der Waals surface area contributed by atoms with E-state index in [1.807, 2.05) is 12.1 Å². The highest BCUT2D eigenvalue weighted by molar-refractivity contribution is 9.09. The monoisotopic (exact) mass is 304 g/mol. The Labute approximate surface area is 110 Å². The lowest BCUT2D eigenvalue weighted by Gasteiger charge is -2.14. The minimum Gasteiger partial charge on any atom is -0.382 e. The van der Waals surface area contributed by atoms with Gasteiger partial charge in [-0.15, -0.1) is 0 Å². The molecular formula is C13H18BrFO2. The largest absolute Gasteiger partial charge is 0.382 e. The highest BCUT2D eigenvalue weighted by atomic mass is 79.9. The summed E-state index contributed by atoms with van der Waals surface area (Å²) in [5.74, 6) is 0.163. The first kappa shape index (κ1) is 14.6. The molecule has 0 saturated heterocycles. The molecule has 1 rings (SSSR count). The third-order valence-electron chi connectivity index (χ3n) is 2.57. The first-order chi connectivity index (χ1) is 8.27. The average molecular weight is 305 g/mol. The average Bonchev–Trinajstić information content (AvgIpc) is 2.35. The molecule has 0 spiro atoms. The van der Waals surface area contributed by atoms with Crippen LogP contribution in [0, 0.1) is 5.82 Å². The van der Waals surface area contributed by atoms with E-state index < -0.39 is 0 Å². The Bertz CT molecular complexity index is 303. The van der Waals surface area contributed by atoms with Gasteiger partial charge in [0.2, 0.25) is 0 Å². The van der Waals surface area contributed by atoms with Gasteiger partial charge in [0.1, 0.15) is 5.82 Å². The van der Waals surface area contributed by atoms with Crippen molar-refractivity contribution in [1.29, 1.82) is 0 Å². The zero-order chi connectivity index (χ0) is 12.5. The third-order valence-corrected chi connectivity index (χ3v) is 3.35. The summed E-state index contributed by atoms with van der Waals surface area (Å²) >= 11 is 3.48. The van der Waals surface area contributed by atoms with Gasteiger partial charge in [-0.25, -0.2) is 4.39 Å². The molecule has 0 aliphatic carbocycles. The smallest absolute Gasteiger partial charge is 0.123 e. The van der Waals surface area contributed by atoms with Crippen LogP contribution in [0.1, 0.15) is 17.9 Å². The lowest BCUT2D eigenvalue weighted by atomic mass is 9.98. The lowest BCUT2D eigenvalue weighted by molar-refractivity contribution is 0.0677. The molecule has 0 bridgehead atoms. The van der Waals surface area contributed by atoms with Crippen molar-refractivity contribution in [1.82, 2.24) is 0 Å². The second kappa shape index (κ2) is 8.61. The van der Waals surface area contributed by atoms with E-state index in [0.29, 0.717) is 25.7 Å². The number of alkyl halides is 1. The minimum absolute atomic E-state index is 0.196. The van der Waals surface area contributed by atoms with Gasteiger partial charge in [-0.1, -0.05) is 28.1 Å². The summed E-state index contributed by atoms with van der Waals surface area (Å²) in [6.45, 7) is 1.93. The van der Waals surface area contributed by atoms with E-state index in [9.17, 15) is 4.39 Å². The molecule has 0 saturated carbocycles. The van der Waals surface area contributed by atoms with Gasteiger partial charge in [0.25, 0.3) is 0 Å². The number of ether oxygens (including phenoxy) is 2. The number of benzene rings is 1. The number of halogens is 2. The molecule has 0 radical (unpaired) electrons. The van der Waals surface area contributed by atoms with E-state index >= 15 is 0 Å². The van der Waals surface area contributed by atoms with Crippen molar-refractivity contribution in [2.45, 2.75) is 12.3 Å². The molecule has 0 aromatic heterocycles. The molecule has 0 aliphatic heterocycles. The number of hydrogen-bond donors (Lipinski definition) is 0. The molecule has 0 aliphatic rings. The van der Waals surface area contributed by atoms with Crippen LogP contribution in [0.15, 0.2) is 24.3 Å². The van der Waals surface area contributed by atoms with Crippen molar-refractivity contribution < 1.29 is 13.9 Å². The predicted octanol–water partition coefficient (Wildman–Crippen LogP) is 3.36. The first-order valence-corrected chi connectivity index (χ1v) is 6.78. The second-order valence-electron chi connectivity index (χ2n) is 3.80. The van der Waals surface area contributed by atoms with Crippen LogP contribution in [-0.4, -0.2) is 32.3 Å². The molecule has 1 aromatic rings. The van der Waals surface area contributed by atoms with Crippen molar-refractivity contribution in [2.24, 2.45) is 0 Å². The summed E-state index contributed by atoms with van der Waals surface area (Å²) in [6.07, 6.45) is 0.917. The van der Waals surface area contributed by atoms with Crippen LogP contribution in [0.4, 0.5) is 4.39 Å². The van der Waals surface area contributed by atoms with Gasteiger partial charge in [-0.2, -0.15) is 0 Å². The lowest BCUT2D eigenvalue weighted by Crippen LogP contribution is -2.08. The van der Waals surface area contributed by atoms with Gasteiger partial charge in [-0.05, 0) is 30.0 Å². The van der Waals surface area contributed by atoms with Crippen LogP contribution in [0.5, 0.6) is 0 Å². The summed E-state index contributed by atoms with van der Waals surface area (Å²) in [7, 11) is 1.66. The molecule has 4 heteroatoms. The molecule has 1 aromatic carbocycles. The van der Waals surface area contributed by atoms with Crippen LogP contribution >= 0.6 is 15.9 Å².